The van der Waals surface area contributed by atoms with E-state index in [2.05, 4.69) is 85.2 Å². The van der Waals surface area contributed by atoms with Crippen LogP contribution in [0.15, 0.2) is 30.3 Å². The maximum absolute atomic E-state index is 5.19. The van der Waals surface area contributed by atoms with Crippen LogP contribution in [0.4, 0.5) is 5.82 Å². The van der Waals surface area contributed by atoms with Gasteiger partial charge in [-0.25, -0.2) is 9.97 Å². The molecule has 1 N–H and O–H groups in total. The minimum Gasteiger partial charge on any atom is -0.365 e. The largest absolute Gasteiger partial charge is 0.365 e. The molecule has 6 nitrogen and oxygen atoms in total. The first-order chi connectivity index (χ1) is 17.0. The highest BCUT2D eigenvalue weighted by molar-refractivity contribution is 5.67. The Balaban J connectivity index is 1.66. The average molecular weight is 477 g/mol. The fraction of sp³-hybridized carbons (Fsp3) is 0.586. The number of hydrogen-bond donors (Lipinski definition) is 1. The normalized spacial score (nSPS) is 17.6. The quantitative estimate of drug-likeness (QED) is 0.583. The van der Waals surface area contributed by atoms with Crippen molar-refractivity contribution in [1.82, 2.24) is 25.1 Å². The predicted octanol–water partition coefficient (Wildman–Crippen LogP) is 4.28. The molecule has 2 aliphatic rings. The lowest BCUT2D eigenvalue weighted by atomic mass is 9.99. The number of aromatic nitrogens is 2. The number of nitrogens with zero attached hydrogens (tertiary/aromatic N) is 5. The summed E-state index contributed by atoms with van der Waals surface area (Å²) < 4.78 is 0. The third kappa shape index (κ3) is 6.22. The summed E-state index contributed by atoms with van der Waals surface area (Å²) in [6.45, 7) is 12.7. The number of piperazine rings is 1. The molecule has 1 aromatic carbocycles. The molecule has 0 aliphatic carbocycles. The topological polar surface area (TPSA) is 47.5 Å². The number of unbranched alkanes of at least 4 members (excludes halogenated alkanes) is 1. The highest BCUT2D eigenvalue weighted by Crippen LogP contribution is 2.32. The molecule has 1 atom stereocenters. The Labute approximate surface area is 212 Å². The molecule has 0 radical (unpaired) electrons. The van der Waals surface area contributed by atoms with Crippen LogP contribution in [0.1, 0.15) is 61.3 Å². The van der Waals surface area contributed by atoms with Gasteiger partial charge in [-0.2, -0.15) is 0 Å². The van der Waals surface area contributed by atoms with Crippen molar-refractivity contribution in [2.24, 2.45) is 0 Å². The van der Waals surface area contributed by atoms with Gasteiger partial charge in [0.1, 0.15) is 11.6 Å². The van der Waals surface area contributed by atoms with E-state index in [1.165, 1.54) is 33.9 Å². The molecular formula is C29H44N6. The molecule has 1 aromatic heterocycles. The van der Waals surface area contributed by atoms with Gasteiger partial charge < -0.3 is 20.0 Å². The average Bonchev–Trinajstić information content (AvgIpc) is 2.88. The number of benzene rings is 1. The van der Waals surface area contributed by atoms with E-state index in [4.69, 9.17) is 9.97 Å². The second kappa shape index (κ2) is 12.0. The first-order valence-corrected chi connectivity index (χ1v) is 13.5. The van der Waals surface area contributed by atoms with E-state index in [0.717, 1.165) is 77.2 Å². The molecule has 1 saturated heterocycles. The van der Waals surface area contributed by atoms with Crippen molar-refractivity contribution in [3.05, 3.63) is 58.6 Å². The standard InChI is InChI=1S/C29H44N6/c1-6-7-12-27(24-11-9-8-10-22(24)2)35-18-15-25-26(21-35)31-28(14-13-23(3)33(4)5)32-29(25)34-19-16-30-17-20-34/h8-12,23,30H,6-7,13-21H2,1-5H3/b27-12+. The molecular weight excluding hydrogens is 432 g/mol. The van der Waals surface area contributed by atoms with Crippen molar-refractivity contribution in [1.29, 1.82) is 0 Å². The van der Waals surface area contributed by atoms with Crippen LogP contribution in [-0.4, -0.2) is 72.6 Å². The van der Waals surface area contributed by atoms with Crippen LogP contribution in [0.2, 0.25) is 0 Å². The van der Waals surface area contributed by atoms with Crippen LogP contribution in [0, 0.1) is 6.92 Å². The fourth-order valence-electron chi connectivity index (χ4n) is 5.06. The second-order valence-corrected chi connectivity index (χ2v) is 10.3. The maximum atomic E-state index is 5.19. The minimum absolute atomic E-state index is 0.512. The molecule has 2 aromatic rings. The van der Waals surface area contributed by atoms with Crippen LogP contribution < -0.4 is 10.2 Å². The second-order valence-electron chi connectivity index (χ2n) is 10.3. The highest BCUT2D eigenvalue weighted by Gasteiger charge is 2.27. The fourth-order valence-corrected chi connectivity index (χ4v) is 5.06. The number of rotatable bonds is 9. The Morgan fingerprint density at radius 1 is 1.14 bits per heavy atom. The van der Waals surface area contributed by atoms with Crippen molar-refractivity contribution >= 4 is 11.5 Å². The Bertz CT molecular complexity index is 1010. The van der Waals surface area contributed by atoms with Crippen molar-refractivity contribution in [3.8, 4) is 0 Å². The van der Waals surface area contributed by atoms with Gasteiger partial charge in [-0.3, -0.25) is 0 Å². The predicted molar refractivity (Wildman–Crippen MR) is 147 cm³/mol. The van der Waals surface area contributed by atoms with E-state index < -0.39 is 0 Å². The van der Waals surface area contributed by atoms with E-state index in [1.54, 1.807) is 0 Å². The maximum Gasteiger partial charge on any atom is 0.136 e. The summed E-state index contributed by atoms with van der Waals surface area (Å²) in [4.78, 5) is 17.7. The van der Waals surface area contributed by atoms with Crippen LogP contribution in [0.3, 0.4) is 0 Å². The van der Waals surface area contributed by atoms with Gasteiger partial charge in [0.25, 0.3) is 0 Å². The van der Waals surface area contributed by atoms with Crippen molar-refractivity contribution < 1.29 is 0 Å². The van der Waals surface area contributed by atoms with E-state index in [1.807, 2.05) is 0 Å². The highest BCUT2D eigenvalue weighted by atomic mass is 15.2. The molecule has 0 amide bonds. The van der Waals surface area contributed by atoms with E-state index in [9.17, 15) is 0 Å². The smallest absolute Gasteiger partial charge is 0.136 e. The number of fused-ring (bicyclic) bond motifs is 1. The first-order valence-electron chi connectivity index (χ1n) is 13.5. The monoisotopic (exact) mass is 476 g/mol. The van der Waals surface area contributed by atoms with Crippen LogP contribution in [-0.2, 0) is 19.4 Å². The zero-order valence-electron chi connectivity index (χ0n) is 22.5. The first kappa shape index (κ1) is 25.6. The Morgan fingerprint density at radius 2 is 1.91 bits per heavy atom. The zero-order valence-corrected chi connectivity index (χ0v) is 22.5. The zero-order chi connectivity index (χ0) is 24.8. The molecule has 35 heavy (non-hydrogen) atoms. The van der Waals surface area contributed by atoms with Gasteiger partial charge in [0, 0.05) is 62.0 Å². The third-order valence-electron chi connectivity index (χ3n) is 7.56. The Hall–Kier alpha value is -2.44. The SMILES string of the molecule is CCC/C=C(\c1ccccc1C)N1CCc2c(nc(CCC(C)N(C)C)nc2N2CCNCC2)C1. The van der Waals surface area contributed by atoms with Gasteiger partial charge in [-0.05, 0) is 52.8 Å². The number of aryl methyl sites for hydroxylation is 2. The lowest BCUT2D eigenvalue weighted by Gasteiger charge is -2.36. The number of allylic oxidation sites excluding steroid dienone is 1. The van der Waals surface area contributed by atoms with Crippen LogP contribution >= 0.6 is 0 Å². The summed E-state index contributed by atoms with van der Waals surface area (Å²) in [6.07, 6.45) is 7.67. The van der Waals surface area contributed by atoms with E-state index in [0.29, 0.717) is 6.04 Å². The molecule has 6 heteroatoms. The summed E-state index contributed by atoms with van der Waals surface area (Å²) in [7, 11) is 4.30. The van der Waals surface area contributed by atoms with E-state index in [-0.39, 0.29) is 0 Å². The van der Waals surface area contributed by atoms with Crippen molar-refractivity contribution in [2.45, 2.75) is 65.5 Å². The van der Waals surface area contributed by atoms with Crippen molar-refractivity contribution in [3.63, 3.8) is 0 Å². The lowest BCUT2D eigenvalue weighted by molar-refractivity contribution is 0.297. The molecule has 2 aliphatic heterocycles. The van der Waals surface area contributed by atoms with E-state index >= 15 is 0 Å². The van der Waals surface area contributed by atoms with Crippen LogP contribution in [0.5, 0.6) is 0 Å². The van der Waals surface area contributed by atoms with Gasteiger partial charge in [0.2, 0.25) is 0 Å². The lowest BCUT2D eigenvalue weighted by Crippen LogP contribution is -2.45. The summed E-state index contributed by atoms with van der Waals surface area (Å²) in [6, 6.07) is 9.30. The van der Waals surface area contributed by atoms with Gasteiger partial charge in [0.15, 0.2) is 0 Å². The molecule has 0 bridgehead atoms. The van der Waals surface area contributed by atoms with Crippen molar-refractivity contribution in [2.75, 3.05) is 51.7 Å². The number of anilines is 1. The molecule has 0 saturated carbocycles. The van der Waals surface area contributed by atoms with Gasteiger partial charge in [0.05, 0.1) is 12.2 Å². The number of nitrogens with one attached hydrogen (secondary N) is 1. The number of hydrogen-bond acceptors (Lipinski definition) is 6. The summed E-state index contributed by atoms with van der Waals surface area (Å²) in [5.41, 5.74) is 6.64. The molecule has 4 rings (SSSR count). The Kier molecular flexibility index (Phi) is 8.79. The molecule has 1 fully saturated rings. The molecule has 1 unspecified atom stereocenters. The Morgan fingerprint density at radius 3 is 2.63 bits per heavy atom. The summed E-state index contributed by atoms with van der Waals surface area (Å²) in [5.74, 6) is 2.20. The van der Waals surface area contributed by atoms with Crippen LogP contribution in [0.25, 0.3) is 5.70 Å². The molecule has 190 valence electrons. The van der Waals surface area contributed by atoms with Gasteiger partial charge >= 0.3 is 0 Å². The summed E-state index contributed by atoms with van der Waals surface area (Å²) >= 11 is 0. The minimum atomic E-state index is 0.512. The third-order valence-corrected chi connectivity index (χ3v) is 7.56. The summed E-state index contributed by atoms with van der Waals surface area (Å²) in [5, 5.41) is 3.49. The van der Waals surface area contributed by atoms with Gasteiger partial charge in [-0.1, -0.05) is 43.7 Å². The molecule has 3 heterocycles. The van der Waals surface area contributed by atoms with Gasteiger partial charge in [-0.15, -0.1) is 0 Å². The molecule has 0 spiro atoms.